The van der Waals surface area contributed by atoms with E-state index in [2.05, 4.69) is 4.90 Å². The van der Waals surface area contributed by atoms with Crippen LogP contribution in [0.3, 0.4) is 0 Å². The SMILES string of the molecule is OCCCCCN1CCCCC1C1CCCC1O. The van der Waals surface area contributed by atoms with E-state index in [0.717, 1.165) is 25.8 Å². The number of piperidine rings is 1. The summed E-state index contributed by atoms with van der Waals surface area (Å²) in [7, 11) is 0. The van der Waals surface area contributed by atoms with E-state index < -0.39 is 0 Å². The average Bonchev–Trinajstić information content (AvgIpc) is 2.81. The summed E-state index contributed by atoms with van der Waals surface area (Å²) >= 11 is 0. The van der Waals surface area contributed by atoms with Gasteiger partial charge in [-0.2, -0.15) is 0 Å². The van der Waals surface area contributed by atoms with E-state index in [1.54, 1.807) is 0 Å². The fourth-order valence-corrected chi connectivity index (χ4v) is 3.80. The molecule has 3 atom stereocenters. The molecule has 3 nitrogen and oxygen atoms in total. The maximum absolute atomic E-state index is 10.1. The summed E-state index contributed by atoms with van der Waals surface area (Å²) in [5.74, 6) is 0.531. The van der Waals surface area contributed by atoms with Crippen LogP contribution >= 0.6 is 0 Å². The minimum atomic E-state index is -0.0481. The van der Waals surface area contributed by atoms with Gasteiger partial charge in [0.25, 0.3) is 0 Å². The number of nitrogens with zero attached hydrogens (tertiary/aromatic N) is 1. The molecule has 1 aliphatic carbocycles. The van der Waals surface area contributed by atoms with Crippen molar-refractivity contribution < 1.29 is 10.2 Å². The van der Waals surface area contributed by atoms with Gasteiger partial charge < -0.3 is 15.1 Å². The highest BCUT2D eigenvalue weighted by Crippen LogP contribution is 2.35. The van der Waals surface area contributed by atoms with Crippen LogP contribution in [0.1, 0.15) is 57.8 Å². The molecule has 1 saturated heterocycles. The highest BCUT2D eigenvalue weighted by molar-refractivity contribution is 4.90. The maximum Gasteiger partial charge on any atom is 0.0583 e. The van der Waals surface area contributed by atoms with E-state index in [-0.39, 0.29) is 6.10 Å². The van der Waals surface area contributed by atoms with Crippen molar-refractivity contribution in [1.82, 2.24) is 4.90 Å². The van der Waals surface area contributed by atoms with E-state index in [0.29, 0.717) is 18.6 Å². The largest absolute Gasteiger partial charge is 0.396 e. The Balaban J connectivity index is 1.81. The van der Waals surface area contributed by atoms with E-state index in [9.17, 15) is 5.11 Å². The number of hydrogen-bond acceptors (Lipinski definition) is 3. The third kappa shape index (κ3) is 3.69. The fraction of sp³-hybridized carbons (Fsp3) is 1.00. The molecule has 2 rings (SSSR count). The molecular formula is C15H29NO2. The summed E-state index contributed by atoms with van der Waals surface area (Å²) in [6.07, 6.45) is 10.6. The Labute approximate surface area is 111 Å². The first-order valence-corrected chi connectivity index (χ1v) is 7.86. The van der Waals surface area contributed by atoms with Crippen LogP contribution in [0, 0.1) is 5.92 Å². The van der Waals surface area contributed by atoms with Gasteiger partial charge in [0, 0.05) is 18.6 Å². The molecule has 1 aliphatic heterocycles. The van der Waals surface area contributed by atoms with Crippen LogP contribution in [0.2, 0.25) is 0 Å². The third-order valence-electron chi connectivity index (χ3n) is 4.79. The van der Waals surface area contributed by atoms with Gasteiger partial charge in [0.1, 0.15) is 0 Å². The van der Waals surface area contributed by atoms with Crippen molar-refractivity contribution in [3.8, 4) is 0 Å². The lowest BCUT2D eigenvalue weighted by molar-refractivity contribution is 0.0345. The van der Waals surface area contributed by atoms with E-state index in [1.807, 2.05) is 0 Å². The Morgan fingerprint density at radius 3 is 2.56 bits per heavy atom. The molecule has 0 aromatic rings. The molecule has 18 heavy (non-hydrogen) atoms. The van der Waals surface area contributed by atoms with Crippen LogP contribution in [-0.4, -0.2) is 47.0 Å². The predicted molar refractivity (Wildman–Crippen MR) is 73.5 cm³/mol. The number of unbranched alkanes of at least 4 members (excludes halogenated alkanes) is 2. The molecule has 0 bridgehead atoms. The zero-order valence-corrected chi connectivity index (χ0v) is 11.6. The maximum atomic E-state index is 10.1. The predicted octanol–water partition coefficient (Wildman–Crippen LogP) is 2.16. The molecule has 0 radical (unpaired) electrons. The second-order valence-corrected chi connectivity index (χ2v) is 6.05. The summed E-state index contributed by atoms with van der Waals surface area (Å²) in [6.45, 7) is 2.70. The van der Waals surface area contributed by atoms with Crippen LogP contribution in [0.4, 0.5) is 0 Å². The van der Waals surface area contributed by atoms with Crippen molar-refractivity contribution in [3.05, 3.63) is 0 Å². The summed E-state index contributed by atoms with van der Waals surface area (Å²) in [5.41, 5.74) is 0. The molecule has 2 fully saturated rings. The van der Waals surface area contributed by atoms with E-state index in [1.165, 1.54) is 45.1 Å². The molecule has 0 aromatic carbocycles. The number of rotatable bonds is 6. The summed E-state index contributed by atoms with van der Waals surface area (Å²) in [6, 6.07) is 0.630. The zero-order valence-electron chi connectivity index (χ0n) is 11.6. The number of aliphatic hydroxyl groups excluding tert-OH is 2. The summed E-state index contributed by atoms with van der Waals surface area (Å²) in [4.78, 5) is 2.63. The van der Waals surface area contributed by atoms with E-state index >= 15 is 0 Å². The second kappa shape index (κ2) is 7.46. The first kappa shape index (κ1) is 14.3. The van der Waals surface area contributed by atoms with Crippen molar-refractivity contribution in [1.29, 1.82) is 0 Å². The average molecular weight is 255 g/mol. The molecule has 1 heterocycles. The molecule has 0 spiro atoms. The molecule has 3 heteroatoms. The van der Waals surface area contributed by atoms with Crippen molar-refractivity contribution in [2.45, 2.75) is 69.9 Å². The van der Waals surface area contributed by atoms with Gasteiger partial charge >= 0.3 is 0 Å². The minimum Gasteiger partial charge on any atom is -0.396 e. The lowest BCUT2D eigenvalue weighted by Gasteiger charge is -2.40. The Kier molecular flexibility index (Phi) is 5.93. The van der Waals surface area contributed by atoms with Gasteiger partial charge in [0.05, 0.1) is 6.10 Å². The molecule has 106 valence electrons. The topological polar surface area (TPSA) is 43.7 Å². The van der Waals surface area contributed by atoms with Gasteiger partial charge in [0.2, 0.25) is 0 Å². The second-order valence-electron chi connectivity index (χ2n) is 6.05. The first-order chi connectivity index (χ1) is 8.83. The number of likely N-dealkylation sites (tertiary alicyclic amines) is 1. The summed E-state index contributed by atoms with van der Waals surface area (Å²) < 4.78 is 0. The molecule has 2 N–H and O–H groups in total. The van der Waals surface area contributed by atoms with Crippen molar-refractivity contribution in [2.75, 3.05) is 19.7 Å². The van der Waals surface area contributed by atoms with Crippen molar-refractivity contribution in [2.24, 2.45) is 5.92 Å². The first-order valence-electron chi connectivity index (χ1n) is 7.86. The molecule has 0 amide bonds. The Morgan fingerprint density at radius 2 is 1.83 bits per heavy atom. The van der Waals surface area contributed by atoms with Crippen LogP contribution < -0.4 is 0 Å². The highest BCUT2D eigenvalue weighted by Gasteiger charge is 2.36. The lowest BCUT2D eigenvalue weighted by atomic mass is 9.87. The van der Waals surface area contributed by atoms with Gasteiger partial charge in [-0.15, -0.1) is 0 Å². The quantitative estimate of drug-likeness (QED) is 0.715. The standard InChI is InChI=1S/C15H29NO2/c17-12-5-1-3-10-16-11-4-2-8-14(16)13-7-6-9-15(13)18/h13-15,17-18H,1-12H2. The number of aliphatic hydroxyl groups is 2. The van der Waals surface area contributed by atoms with Crippen molar-refractivity contribution >= 4 is 0 Å². The normalized spacial score (nSPS) is 34.0. The highest BCUT2D eigenvalue weighted by atomic mass is 16.3. The van der Waals surface area contributed by atoms with Gasteiger partial charge in [-0.3, -0.25) is 0 Å². The van der Waals surface area contributed by atoms with Gasteiger partial charge in [-0.1, -0.05) is 12.8 Å². The Bertz CT molecular complexity index is 235. The monoisotopic (exact) mass is 255 g/mol. The molecule has 2 aliphatic rings. The zero-order chi connectivity index (χ0) is 12.8. The minimum absolute atomic E-state index is 0.0481. The molecule has 3 unspecified atom stereocenters. The summed E-state index contributed by atoms with van der Waals surface area (Å²) in [5, 5.41) is 18.9. The van der Waals surface area contributed by atoms with Crippen molar-refractivity contribution in [3.63, 3.8) is 0 Å². The Hall–Kier alpha value is -0.120. The van der Waals surface area contributed by atoms with Gasteiger partial charge in [-0.05, 0) is 58.0 Å². The van der Waals surface area contributed by atoms with Gasteiger partial charge in [-0.25, -0.2) is 0 Å². The molecular weight excluding hydrogens is 226 g/mol. The van der Waals surface area contributed by atoms with Crippen LogP contribution in [0.5, 0.6) is 0 Å². The van der Waals surface area contributed by atoms with Crippen LogP contribution in [-0.2, 0) is 0 Å². The van der Waals surface area contributed by atoms with E-state index in [4.69, 9.17) is 5.11 Å². The van der Waals surface area contributed by atoms with Crippen LogP contribution in [0.15, 0.2) is 0 Å². The molecule has 0 aromatic heterocycles. The molecule has 1 saturated carbocycles. The third-order valence-corrected chi connectivity index (χ3v) is 4.79. The lowest BCUT2D eigenvalue weighted by Crippen LogP contribution is -2.46. The number of hydrogen-bond donors (Lipinski definition) is 2. The van der Waals surface area contributed by atoms with Gasteiger partial charge in [0.15, 0.2) is 0 Å². The smallest absolute Gasteiger partial charge is 0.0583 e. The van der Waals surface area contributed by atoms with Crippen LogP contribution in [0.25, 0.3) is 0 Å². The fourth-order valence-electron chi connectivity index (χ4n) is 3.80. The Morgan fingerprint density at radius 1 is 0.944 bits per heavy atom.